The molecule has 49 heavy (non-hydrogen) atoms. The van der Waals surface area contributed by atoms with E-state index in [-0.39, 0.29) is 6.71 Å². The quantitative estimate of drug-likeness (QED) is 0.179. The molecule has 2 aromatic heterocycles. The van der Waals surface area contributed by atoms with Gasteiger partial charge in [0, 0.05) is 48.4 Å². The SMILES string of the molecule is c1ccc(-c2cc3c4c(c2)N(c2cccc5c2oc2ccccc25)c2ccccc2B4c2sc4ccccc4c2N3c2ccccc2)cc1. The van der Waals surface area contributed by atoms with E-state index in [4.69, 9.17) is 4.42 Å². The molecule has 0 bridgehead atoms. The molecule has 0 amide bonds. The van der Waals surface area contributed by atoms with Crippen LogP contribution in [0, 0.1) is 0 Å². The third-order valence-electron chi connectivity index (χ3n) is 10.2. The van der Waals surface area contributed by atoms with Crippen LogP contribution in [0.15, 0.2) is 168 Å². The Balaban J connectivity index is 1.30. The molecule has 11 rings (SSSR count). The zero-order valence-electron chi connectivity index (χ0n) is 26.4. The second-order valence-corrected chi connectivity index (χ2v) is 13.9. The summed E-state index contributed by atoms with van der Waals surface area (Å²) in [7, 11) is 0. The highest BCUT2D eigenvalue weighted by atomic mass is 32.1. The van der Waals surface area contributed by atoms with Crippen molar-refractivity contribution in [1.82, 2.24) is 0 Å². The summed E-state index contributed by atoms with van der Waals surface area (Å²) < 4.78 is 9.39. The standard InChI is InChI=1S/C44H27BN2OS/c1-3-14-28(15-4-1)29-26-37-41-38(27-29)47(36-23-13-20-32-31-18-7-11-24-39(31)48-43(32)36)35-22-10-9-21-34(35)45(41)44-42(33-19-8-12-25-40(33)49-44)46(37)30-16-5-2-6-17-30/h1-27H. The van der Waals surface area contributed by atoms with Crippen molar-refractivity contribution in [3.8, 4) is 11.1 Å². The van der Waals surface area contributed by atoms with Gasteiger partial charge < -0.3 is 14.2 Å². The Morgan fingerprint density at radius 1 is 0.490 bits per heavy atom. The summed E-state index contributed by atoms with van der Waals surface area (Å²) in [4.78, 5) is 4.98. The second kappa shape index (κ2) is 10.2. The summed E-state index contributed by atoms with van der Waals surface area (Å²) in [5.41, 5.74) is 13.8. The van der Waals surface area contributed by atoms with E-state index in [9.17, 15) is 0 Å². The van der Waals surface area contributed by atoms with E-state index in [2.05, 4.69) is 168 Å². The zero-order valence-corrected chi connectivity index (χ0v) is 27.2. The first-order valence-corrected chi connectivity index (χ1v) is 17.5. The minimum absolute atomic E-state index is 0.0736. The van der Waals surface area contributed by atoms with Crippen molar-refractivity contribution < 1.29 is 4.42 Å². The minimum atomic E-state index is 0.0736. The molecule has 2 aliphatic heterocycles. The first-order chi connectivity index (χ1) is 24.3. The Bertz CT molecular complexity index is 2750. The third kappa shape index (κ3) is 3.79. The van der Waals surface area contributed by atoms with Crippen LogP contribution in [0.25, 0.3) is 43.2 Å². The summed E-state index contributed by atoms with van der Waals surface area (Å²) in [5, 5.41) is 3.54. The van der Waals surface area contributed by atoms with Crippen LogP contribution in [0.4, 0.5) is 34.1 Å². The molecule has 228 valence electrons. The predicted octanol–water partition coefficient (Wildman–Crippen LogP) is 10.6. The summed E-state index contributed by atoms with van der Waals surface area (Å²) >= 11 is 1.93. The number of anilines is 6. The van der Waals surface area contributed by atoms with Gasteiger partial charge in [-0.15, -0.1) is 11.3 Å². The Morgan fingerprint density at radius 2 is 1.14 bits per heavy atom. The van der Waals surface area contributed by atoms with Crippen LogP contribution in [0.5, 0.6) is 0 Å². The van der Waals surface area contributed by atoms with E-state index in [0.717, 1.165) is 33.3 Å². The molecule has 2 aliphatic rings. The molecule has 0 N–H and O–H groups in total. The van der Waals surface area contributed by atoms with Gasteiger partial charge in [0.05, 0.1) is 11.4 Å². The molecule has 0 radical (unpaired) electrons. The molecule has 0 fully saturated rings. The number of thiophene rings is 1. The molecule has 0 aliphatic carbocycles. The number of nitrogens with zero attached hydrogens (tertiary/aromatic N) is 2. The van der Waals surface area contributed by atoms with E-state index in [1.165, 1.54) is 59.7 Å². The van der Waals surface area contributed by atoms with Crippen LogP contribution in [-0.4, -0.2) is 6.71 Å². The molecule has 0 spiro atoms. The summed E-state index contributed by atoms with van der Waals surface area (Å²) in [6.45, 7) is 0.0736. The van der Waals surface area contributed by atoms with E-state index in [1.54, 1.807) is 0 Å². The number of para-hydroxylation sites is 4. The van der Waals surface area contributed by atoms with Crippen LogP contribution in [0.1, 0.15) is 0 Å². The zero-order chi connectivity index (χ0) is 32.1. The van der Waals surface area contributed by atoms with Gasteiger partial charge in [-0.25, -0.2) is 0 Å². The molecule has 0 saturated carbocycles. The van der Waals surface area contributed by atoms with Gasteiger partial charge in [0.25, 0.3) is 6.71 Å². The second-order valence-electron chi connectivity index (χ2n) is 12.9. The minimum Gasteiger partial charge on any atom is -0.454 e. The predicted molar refractivity (Wildman–Crippen MR) is 209 cm³/mol. The van der Waals surface area contributed by atoms with Gasteiger partial charge in [0.15, 0.2) is 5.58 Å². The van der Waals surface area contributed by atoms with Crippen LogP contribution in [0.2, 0.25) is 0 Å². The van der Waals surface area contributed by atoms with E-state index in [0.29, 0.717) is 0 Å². The van der Waals surface area contributed by atoms with Gasteiger partial charge in [-0.2, -0.15) is 0 Å². The maximum atomic E-state index is 6.72. The molecule has 0 unspecified atom stereocenters. The summed E-state index contributed by atoms with van der Waals surface area (Å²) in [5.74, 6) is 0. The number of benzene rings is 7. The molecule has 7 aromatic carbocycles. The monoisotopic (exact) mass is 642 g/mol. The maximum absolute atomic E-state index is 6.72. The Labute approximate surface area is 288 Å². The lowest BCUT2D eigenvalue weighted by Gasteiger charge is -2.43. The van der Waals surface area contributed by atoms with Crippen molar-refractivity contribution >= 4 is 99.9 Å². The topological polar surface area (TPSA) is 19.6 Å². The molecule has 3 nitrogen and oxygen atoms in total. The number of rotatable bonds is 3. The van der Waals surface area contributed by atoms with Crippen LogP contribution in [0.3, 0.4) is 0 Å². The Kier molecular flexibility index (Phi) is 5.63. The van der Waals surface area contributed by atoms with Crippen molar-refractivity contribution in [2.75, 3.05) is 9.80 Å². The largest absolute Gasteiger partial charge is 0.454 e. The van der Waals surface area contributed by atoms with Gasteiger partial charge >= 0.3 is 0 Å². The average Bonchev–Trinajstić information content (AvgIpc) is 3.74. The number of hydrogen-bond donors (Lipinski definition) is 0. The lowest BCUT2D eigenvalue weighted by Crippen LogP contribution is -2.60. The smallest absolute Gasteiger partial charge is 0.264 e. The fourth-order valence-electron chi connectivity index (χ4n) is 8.19. The molecular formula is C44H27BN2OS. The van der Waals surface area contributed by atoms with Crippen molar-refractivity contribution in [3.05, 3.63) is 164 Å². The molecule has 0 saturated heterocycles. The lowest BCUT2D eigenvalue weighted by molar-refractivity contribution is 0.669. The van der Waals surface area contributed by atoms with E-state index in [1.807, 2.05) is 17.4 Å². The van der Waals surface area contributed by atoms with Crippen molar-refractivity contribution in [1.29, 1.82) is 0 Å². The van der Waals surface area contributed by atoms with Crippen molar-refractivity contribution in [2.45, 2.75) is 0 Å². The van der Waals surface area contributed by atoms with Gasteiger partial charge in [0.1, 0.15) is 5.58 Å². The highest BCUT2D eigenvalue weighted by Crippen LogP contribution is 2.50. The number of furan rings is 1. The first-order valence-electron chi connectivity index (χ1n) is 16.7. The highest BCUT2D eigenvalue weighted by Gasteiger charge is 2.45. The fraction of sp³-hybridized carbons (Fsp3) is 0. The maximum Gasteiger partial charge on any atom is 0.264 e. The lowest BCUT2D eigenvalue weighted by atomic mass is 9.36. The van der Waals surface area contributed by atoms with Crippen LogP contribution in [-0.2, 0) is 0 Å². The number of fused-ring (bicyclic) bond motifs is 9. The third-order valence-corrected chi connectivity index (χ3v) is 11.4. The average molecular weight is 643 g/mol. The normalized spacial score (nSPS) is 13.2. The van der Waals surface area contributed by atoms with E-state index < -0.39 is 0 Å². The summed E-state index contributed by atoms with van der Waals surface area (Å²) in [6.07, 6.45) is 0. The summed E-state index contributed by atoms with van der Waals surface area (Å²) in [6, 6.07) is 59.3. The Hall–Kier alpha value is -6.04. The van der Waals surface area contributed by atoms with Crippen LogP contribution >= 0.6 is 11.3 Å². The van der Waals surface area contributed by atoms with Crippen molar-refractivity contribution in [3.63, 3.8) is 0 Å². The number of hydrogen-bond acceptors (Lipinski definition) is 4. The molecule has 5 heteroatoms. The van der Waals surface area contributed by atoms with E-state index >= 15 is 0 Å². The first kappa shape index (κ1) is 27.0. The van der Waals surface area contributed by atoms with Gasteiger partial charge in [-0.3, -0.25) is 0 Å². The highest BCUT2D eigenvalue weighted by molar-refractivity contribution is 7.33. The van der Waals surface area contributed by atoms with Gasteiger partial charge in [0.2, 0.25) is 0 Å². The van der Waals surface area contributed by atoms with Gasteiger partial charge in [-0.05, 0) is 70.6 Å². The molecule has 9 aromatic rings. The van der Waals surface area contributed by atoms with Gasteiger partial charge in [-0.1, -0.05) is 115 Å². The fourth-order valence-corrected chi connectivity index (χ4v) is 9.51. The Morgan fingerprint density at radius 3 is 2.00 bits per heavy atom. The van der Waals surface area contributed by atoms with Crippen LogP contribution < -0.4 is 25.5 Å². The molecular weight excluding hydrogens is 615 g/mol. The molecule has 4 heterocycles. The molecule has 0 atom stereocenters. The van der Waals surface area contributed by atoms with Crippen molar-refractivity contribution in [2.24, 2.45) is 0 Å².